The van der Waals surface area contributed by atoms with Crippen molar-refractivity contribution in [2.24, 2.45) is 11.7 Å². The molecule has 5 heteroatoms. The molecule has 0 atom stereocenters. The summed E-state index contributed by atoms with van der Waals surface area (Å²) in [5.41, 5.74) is 6.71. The molecule has 112 valence electrons. The molecule has 0 unspecified atom stereocenters. The van der Waals surface area contributed by atoms with Crippen LogP contribution in [-0.4, -0.2) is 43.6 Å². The van der Waals surface area contributed by atoms with E-state index < -0.39 is 0 Å². The molecule has 0 saturated carbocycles. The van der Waals surface area contributed by atoms with Crippen molar-refractivity contribution in [2.45, 2.75) is 13.8 Å². The van der Waals surface area contributed by atoms with Gasteiger partial charge in [0.2, 0.25) is 0 Å². The van der Waals surface area contributed by atoms with Crippen LogP contribution in [0.3, 0.4) is 0 Å². The average Bonchev–Trinajstić information content (AvgIpc) is 2.33. The van der Waals surface area contributed by atoms with Gasteiger partial charge >= 0.3 is 0 Å². The van der Waals surface area contributed by atoms with Gasteiger partial charge in [0.25, 0.3) is 0 Å². The van der Waals surface area contributed by atoms with E-state index in [4.69, 9.17) is 18.0 Å². The van der Waals surface area contributed by atoms with Crippen molar-refractivity contribution in [3.63, 3.8) is 0 Å². The molecule has 0 aliphatic rings. The number of rotatable bonds is 7. The minimum Gasteiger partial charge on any atom is -0.389 e. The minimum atomic E-state index is -0.269. The molecule has 1 rings (SSSR count). The lowest BCUT2D eigenvalue weighted by Gasteiger charge is -2.28. The van der Waals surface area contributed by atoms with Gasteiger partial charge in [0, 0.05) is 25.2 Å². The number of hydrogen-bond donors (Lipinski definition) is 1. The van der Waals surface area contributed by atoms with Crippen LogP contribution >= 0.6 is 12.2 Å². The van der Waals surface area contributed by atoms with Crippen LogP contribution in [0, 0.1) is 11.7 Å². The average molecular weight is 297 g/mol. The zero-order valence-electron chi connectivity index (χ0n) is 12.7. The van der Waals surface area contributed by atoms with E-state index in [2.05, 4.69) is 23.6 Å². The van der Waals surface area contributed by atoms with Crippen molar-refractivity contribution >= 4 is 22.9 Å². The Bertz CT molecular complexity index is 460. The second-order valence-corrected chi connectivity index (χ2v) is 6.11. The second-order valence-electron chi connectivity index (χ2n) is 5.67. The summed E-state index contributed by atoms with van der Waals surface area (Å²) >= 11 is 4.88. The van der Waals surface area contributed by atoms with Crippen molar-refractivity contribution in [2.75, 3.05) is 38.6 Å². The first-order valence-electron chi connectivity index (χ1n) is 6.80. The van der Waals surface area contributed by atoms with Crippen LogP contribution in [0.25, 0.3) is 0 Å². The number of nitrogens with zero attached hydrogens (tertiary/aromatic N) is 2. The summed E-state index contributed by atoms with van der Waals surface area (Å²) in [6, 6.07) is 4.96. The van der Waals surface area contributed by atoms with E-state index in [-0.39, 0.29) is 10.8 Å². The molecular formula is C15H24FN3S. The number of thiocarbonyl (C=S) groups is 1. The van der Waals surface area contributed by atoms with Crippen LogP contribution in [0.4, 0.5) is 10.1 Å². The Labute approximate surface area is 126 Å². The van der Waals surface area contributed by atoms with Gasteiger partial charge in [0.15, 0.2) is 0 Å². The molecule has 0 spiro atoms. The van der Waals surface area contributed by atoms with E-state index in [1.54, 1.807) is 12.1 Å². The molecule has 0 aliphatic carbocycles. The Morgan fingerprint density at radius 3 is 2.40 bits per heavy atom. The molecule has 0 saturated heterocycles. The number of likely N-dealkylation sites (N-methyl/N-ethyl adjacent to an activating group) is 1. The SMILES string of the molecule is CC(C)CN(CCN(C)C)c1ccc(C(N)=S)cc1F. The van der Waals surface area contributed by atoms with Gasteiger partial charge in [0.1, 0.15) is 10.8 Å². The van der Waals surface area contributed by atoms with Crippen molar-refractivity contribution in [1.29, 1.82) is 0 Å². The molecule has 0 bridgehead atoms. The number of benzene rings is 1. The molecule has 0 amide bonds. The predicted molar refractivity (Wildman–Crippen MR) is 87.9 cm³/mol. The highest BCUT2D eigenvalue weighted by Gasteiger charge is 2.14. The maximum atomic E-state index is 14.3. The van der Waals surface area contributed by atoms with E-state index >= 15 is 0 Å². The monoisotopic (exact) mass is 297 g/mol. The fourth-order valence-electron chi connectivity index (χ4n) is 1.99. The van der Waals surface area contributed by atoms with Crippen LogP contribution in [0.15, 0.2) is 18.2 Å². The summed E-state index contributed by atoms with van der Waals surface area (Å²) in [5.74, 6) is 0.196. The summed E-state index contributed by atoms with van der Waals surface area (Å²) in [4.78, 5) is 4.39. The third-order valence-electron chi connectivity index (χ3n) is 2.98. The molecule has 20 heavy (non-hydrogen) atoms. The maximum absolute atomic E-state index is 14.3. The van der Waals surface area contributed by atoms with Crippen molar-refractivity contribution in [1.82, 2.24) is 4.90 Å². The third-order valence-corrected chi connectivity index (χ3v) is 3.21. The number of anilines is 1. The fraction of sp³-hybridized carbons (Fsp3) is 0.533. The van der Waals surface area contributed by atoms with Crippen molar-refractivity contribution < 1.29 is 4.39 Å². The van der Waals surface area contributed by atoms with Gasteiger partial charge in [-0.3, -0.25) is 0 Å². The molecule has 1 aromatic rings. The van der Waals surface area contributed by atoms with Crippen LogP contribution in [0.5, 0.6) is 0 Å². The summed E-state index contributed by atoms with van der Waals surface area (Å²) in [5, 5.41) is 0. The largest absolute Gasteiger partial charge is 0.389 e. The Hall–Kier alpha value is -1.20. The highest BCUT2D eigenvalue weighted by Crippen LogP contribution is 2.21. The van der Waals surface area contributed by atoms with Gasteiger partial charge in [0.05, 0.1) is 5.69 Å². The normalized spacial score (nSPS) is 11.2. The van der Waals surface area contributed by atoms with Crippen LogP contribution in [-0.2, 0) is 0 Å². The van der Waals surface area contributed by atoms with E-state index in [1.807, 2.05) is 14.1 Å². The lowest BCUT2D eigenvalue weighted by atomic mass is 10.1. The standard InChI is InChI=1S/C15H24FN3S/c1-11(2)10-19(8-7-18(3)4)14-6-5-12(15(17)20)9-13(14)16/h5-6,9,11H,7-8,10H2,1-4H3,(H2,17,20). The summed E-state index contributed by atoms with van der Waals surface area (Å²) < 4.78 is 14.3. The molecule has 0 fully saturated rings. The smallest absolute Gasteiger partial charge is 0.147 e. The molecule has 2 N–H and O–H groups in total. The molecule has 0 aromatic heterocycles. The number of hydrogen-bond acceptors (Lipinski definition) is 3. The van der Waals surface area contributed by atoms with Crippen LogP contribution < -0.4 is 10.6 Å². The van der Waals surface area contributed by atoms with Crippen molar-refractivity contribution in [3.05, 3.63) is 29.6 Å². The Kier molecular flexibility index (Phi) is 6.36. The number of halogens is 1. The second kappa shape index (κ2) is 7.55. The zero-order chi connectivity index (χ0) is 15.3. The first kappa shape index (κ1) is 16.9. The minimum absolute atomic E-state index is 0.221. The van der Waals surface area contributed by atoms with Gasteiger partial charge in [-0.05, 0) is 38.2 Å². The molecule has 1 aromatic carbocycles. The first-order chi connectivity index (χ1) is 9.31. The highest BCUT2D eigenvalue weighted by molar-refractivity contribution is 7.80. The summed E-state index contributed by atoms with van der Waals surface area (Å²) in [7, 11) is 4.03. The lowest BCUT2D eigenvalue weighted by molar-refractivity contribution is 0.408. The maximum Gasteiger partial charge on any atom is 0.147 e. The van der Waals surface area contributed by atoms with E-state index in [9.17, 15) is 4.39 Å². The van der Waals surface area contributed by atoms with Gasteiger partial charge in [-0.1, -0.05) is 26.1 Å². The molecule has 0 aliphatic heterocycles. The Balaban J connectivity index is 2.97. The van der Waals surface area contributed by atoms with Gasteiger partial charge in [-0.15, -0.1) is 0 Å². The van der Waals surface area contributed by atoms with Gasteiger partial charge < -0.3 is 15.5 Å². The lowest BCUT2D eigenvalue weighted by Crippen LogP contribution is -2.35. The van der Waals surface area contributed by atoms with Crippen LogP contribution in [0.2, 0.25) is 0 Å². The zero-order valence-corrected chi connectivity index (χ0v) is 13.5. The first-order valence-corrected chi connectivity index (χ1v) is 7.21. The topological polar surface area (TPSA) is 32.5 Å². The van der Waals surface area contributed by atoms with Gasteiger partial charge in [-0.2, -0.15) is 0 Å². The molecular weight excluding hydrogens is 273 g/mol. The van der Waals surface area contributed by atoms with Gasteiger partial charge in [-0.25, -0.2) is 4.39 Å². The van der Waals surface area contributed by atoms with E-state index in [0.717, 1.165) is 19.6 Å². The van der Waals surface area contributed by atoms with Crippen molar-refractivity contribution in [3.8, 4) is 0 Å². The highest BCUT2D eigenvalue weighted by atomic mass is 32.1. The summed E-state index contributed by atoms with van der Waals surface area (Å²) in [6.07, 6.45) is 0. The van der Waals surface area contributed by atoms with E-state index in [1.165, 1.54) is 6.07 Å². The fourth-order valence-corrected chi connectivity index (χ4v) is 2.12. The predicted octanol–water partition coefficient (Wildman–Crippen LogP) is 2.48. The Morgan fingerprint density at radius 2 is 1.95 bits per heavy atom. The quantitative estimate of drug-likeness (QED) is 0.784. The number of nitrogens with two attached hydrogens (primary N) is 1. The van der Waals surface area contributed by atoms with Crippen LogP contribution in [0.1, 0.15) is 19.4 Å². The molecule has 0 heterocycles. The Morgan fingerprint density at radius 1 is 1.30 bits per heavy atom. The molecule has 3 nitrogen and oxygen atoms in total. The third kappa shape index (κ3) is 5.06. The summed E-state index contributed by atoms with van der Waals surface area (Å²) in [6.45, 7) is 6.74. The molecule has 0 radical (unpaired) electrons. The van der Waals surface area contributed by atoms with E-state index in [0.29, 0.717) is 17.2 Å².